The summed E-state index contributed by atoms with van der Waals surface area (Å²) in [6.45, 7) is 4.07. The van der Waals surface area contributed by atoms with Gasteiger partial charge in [-0.3, -0.25) is 9.59 Å². The van der Waals surface area contributed by atoms with Gasteiger partial charge in [-0.2, -0.15) is 0 Å². The molecule has 1 N–H and O–H groups in total. The van der Waals surface area contributed by atoms with E-state index in [4.69, 9.17) is 9.47 Å². The second-order valence-corrected chi connectivity index (χ2v) is 23.6. The fraction of sp³-hybridized carbons (Fsp3) is 0.787. The van der Waals surface area contributed by atoms with E-state index >= 15 is 0 Å². The molecule has 0 aliphatic heterocycles. The Morgan fingerprint density at radius 3 is 0.812 bits per heavy atom. The van der Waals surface area contributed by atoms with Crippen molar-refractivity contribution < 1.29 is 24.2 Å². The standard InChI is InChI=1S/C75H134O5/c1-3-5-7-9-11-13-15-17-19-21-23-25-27-29-31-33-35-37-39-41-43-45-47-49-51-53-55-57-59-61-63-65-67-69-74(77)79-72-73(71-76)80-75(78)70-68-66-64-62-60-58-56-54-52-50-48-46-44-42-40-38-36-34-32-30-28-26-24-22-20-18-16-14-12-10-8-6-4-2/h6,8,12,14,18,20,24,26,30,32,36,38,42,44,73,76H,3-5,7,9-11,13,15-17,19,21-23,25,27-29,31,33-35,37,39-41,43,45-72H2,1-2H3/b8-6-,14-12-,20-18-,26-24-,32-30-,38-36-,44-42-. The molecule has 0 bridgehead atoms. The van der Waals surface area contributed by atoms with Crippen LogP contribution in [0.25, 0.3) is 0 Å². The van der Waals surface area contributed by atoms with Gasteiger partial charge in [0.25, 0.3) is 0 Å². The first kappa shape index (κ1) is 77.1. The third-order valence-corrected chi connectivity index (χ3v) is 15.7. The normalized spacial score (nSPS) is 12.7. The molecule has 0 aromatic heterocycles. The molecule has 0 rings (SSSR count). The van der Waals surface area contributed by atoms with Crippen molar-refractivity contribution in [3.8, 4) is 0 Å². The molecule has 5 nitrogen and oxygen atoms in total. The summed E-state index contributed by atoms with van der Waals surface area (Å²) in [5.74, 6) is -0.580. The topological polar surface area (TPSA) is 72.8 Å². The summed E-state index contributed by atoms with van der Waals surface area (Å²) < 4.78 is 10.8. The van der Waals surface area contributed by atoms with E-state index in [1.165, 1.54) is 250 Å². The van der Waals surface area contributed by atoms with Crippen molar-refractivity contribution in [2.45, 2.75) is 367 Å². The maximum Gasteiger partial charge on any atom is 0.306 e. The molecular formula is C75H134O5. The van der Waals surface area contributed by atoms with Crippen LogP contribution in [0.5, 0.6) is 0 Å². The van der Waals surface area contributed by atoms with Crippen LogP contribution >= 0.6 is 0 Å². The van der Waals surface area contributed by atoms with E-state index in [1.54, 1.807) is 0 Å². The Morgan fingerprint density at radius 2 is 0.537 bits per heavy atom. The fourth-order valence-electron chi connectivity index (χ4n) is 10.5. The van der Waals surface area contributed by atoms with Crippen LogP contribution in [0.15, 0.2) is 85.1 Å². The monoisotopic (exact) mass is 1120 g/mol. The zero-order valence-electron chi connectivity index (χ0n) is 53.3. The number of carbonyl (C=O) groups excluding carboxylic acids is 2. The van der Waals surface area contributed by atoms with Gasteiger partial charge in [-0.1, -0.05) is 362 Å². The van der Waals surface area contributed by atoms with Crippen LogP contribution < -0.4 is 0 Å². The smallest absolute Gasteiger partial charge is 0.306 e. The number of unbranched alkanes of at least 4 members (excludes halogenated alkanes) is 43. The Morgan fingerprint density at radius 1 is 0.300 bits per heavy atom. The molecule has 0 spiro atoms. The first-order chi connectivity index (χ1) is 39.6. The van der Waals surface area contributed by atoms with Crippen LogP contribution in [0.2, 0.25) is 0 Å². The van der Waals surface area contributed by atoms with Crippen LogP contribution in [0.1, 0.15) is 361 Å². The lowest BCUT2D eigenvalue weighted by Crippen LogP contribution is -2.28. The van der Waals surface area contributed by atoms with Gasteiger partial charge in [0.2, 0.25) is 0 Å². The predicted octanol–water partition coefficient (Wildman–Crippen LogP) is 24.4. The van der Waals surface area contributed by atoms with Gasteiger partial charge in [-0.15, -0.1) is 0 Å². The molecule has 0 aromatic rings. The lowest BCUT2D eigenvalue weighted by Gasteiger charge is -2.15. The zero-order chi connectivity index (χ0) is 57.6. The minimum Gasteiger partial charge on any atom is -0.462 e. The minimum atomic E-state index is -0.778. The maximum atomic E-state index is 12.4. The molecule has 0 radical (unpaired) electrons. The summed E-state index contributed by atoms with van der Waals surface area (Å²) in [4.78, 5) is 24.7. The molecular weight excluding hydrogens is 981 g/mol. The van der Waals surface area contributed by atoms with E-state index in [-0.39, 0.29) is 25.2 Å². The number of esters is 2. The first-order valence-electron chi connectivity index (χ1n) is 35.1. The van der Waals surface area contributed by atoms with Crippen LogP contribution in [-0.4, -0.2) is 36.4 Å². The molecule has 80 heavy (non-hydrogen) atoms. The van der Waals surface area contributed by atoms with Crippen LogP contribution in [0.4, 0.5) is 0 Å². The molecule has 0 aromatic carbocycles. The van der Waals surface area contributed by atoms with Crippen molar-refractivity contribution in [1.29, 1.82) is 0 Å². The van der Waals surface area contributed by atoms with Gasteiger partial charge in [0, 0.05) is 12.8 Å². The summed E-state index contributed by atoms with van der Waals surface area (Å²) in [5.41, 5.74) is 0. The van der Waals surface area contributed by atoms with Crippen molar-refractivity contribution in [3.05, 3.63) is 85.1 Å². The highest BCUT2D eigenvalue weighted by molar-refractivity contribution is 5.70. The highest BCUT2D eigenvalue weighted by atomic mass is 16.6. The van der Waals surface area contributed by atoms with E-state index in [9.17, 15) is 14.7 Å². The Kier molecular flexibility index (Phi) is 67.8. The number of aliphatic hydroxyl groups excluding tert-OH is 1. The number of allylic oxidation sites excluding steroid dienone is 14. The summed E-state index contributed by atoms with van der Waals surface area (Å²) >= 11 is 0. The van der Waals surface area contributed by atoms with Crippen LogP contribution in [0, 0.1) is 0 Å². The number of ether oxygens (including phenoxy) is 2. The van der Waals surface area contributed by atoms with Gasteiger partial charge >= 0.3 is 11.9 Å². The fourth-order valence-corrected chi connectivity index (χ4v) is 10.5. The number of rotatable bonds is 65. The molecule has 5 heteroatoms. The highest BCUT2D eigenvalue weighted by Crippen LogP contribution is 2.19. The van der Waals surface area contributed by atoms with Gasteiger partial charge < -0.3 is 14.6 Å². The van der Waals surface area contributed by atoms with Crippen molar-refractivity contribution in [2.24, 2.45) is 0 Å². The quantitative estimate of drug-likeness (QED) is 0.0373. The summed E-state index contributed by atoms with van der Waals surface area (Å²) in [6.07, 6.45) is 99.1. The third kappa shape index (κ3) is 67.6. The average molecular weight is 1120 g/mol. The number of hydrogen-bond donors (Lipinski definition) is 1. The Labute approximate surface area is 498 Å². The van der Waals surface area contributed by atoms with Crippen LogP contribution in [0.3, 0.4) is 0 Å². The second kappa shape index (κ2) is 70.3. The molecule has 0 heterocycles. The first-order valence-corrected chi connectivity index (χ1v) is 35.1. The highest BCUT2D eigenvalue weighted by Gasteiger charge is 2.16. The lowest BCUT2D eigenvalue weighted by atomic mass is 10.0. The zero-order valence-corrected chi connectivity index (χ0v) is 53.3. The number of aliphatic hydroxyl groups is 1. The van der Waals surface area contributed by atoms with Crippen molar-refractivity contribution >= 4 is 11.9 Å². The Hall–Kier alpha value is -2.92. The molecule has 1 unspecified atom stereocenters. The molecule has 0 saturated heterocycles. The van der Waals surface area contributed by atoms with Gasteiger partial charge in [-0.25, -0.2) is 0 Å². The van der Waals surface area contributed by atoms with Crippen molar-refractivity contribution in [1.82, 2.24) is 0 Å². The SMILES string of the molecule is CC/C=C\C/C=C\C/C=C\C/C=C\C/C=C\C/C=C\C/C=C\CCCCCCCCCCCCCC(=O)OC(CO)COC(=O)CCCCCCCCCCCCCCCCCCCCCCCCCCCCCCCCCCC. The van der Waals surface area contributed by atoms with E-state index in [1.807, 2.05) is 0 Å². The summed E-state index contributed by atoms with van der Waals surface area (Å²) in [6, 6.07) is 0. The van der Waals surface area contributed by atoms with Crippen molar-refractivity contribution in [3.63, 3.8) is 0 Å². The lowest BCUT2D eigenvalue weighted by molar-refractivity contribution is -0.161. The van der Waals surface area contributed by atoms with Gasteiger partial charge in [0.15, 0.2) is 6.10 Å². The summed E-state index contributed by atoms with van der Waals surface area (Å²) in [5, 5.41) is 9.70. The van der Waals surface area contributed by atoms with E-state index in [2.05, 4.69) is 98.9 Å². The molecule has 0 amide bonds. The van der Waals surface area contributed by atoms with E-state index < -0.39 is 6.10 Å². The molecule has 0 aliphatic rings. The molecule has 0 aliphatic carbocycles. The summed E-state index contributed by atoms with van der Waals surface area (Å²) in [7, 11) is 0. The Balaban J connectivity index is 3.45. The average Bonchev–Trinajstić information content (AvgIpc) is 3.46. The molecule has 0 saturated carbocycles. The van der Waals surface area contributed by atoms with Crippen LogP contribution in [-0.2, 0) is 19.1 Å². The largest absolute Gasteiger partial charge is 0.462 e. The molecule has 464 valence electrons. The van der Waals surface area contributed by atoms with Crippen molar-refractivity contribution in [2.75, 3.05) is 13.2 Å². The number of carbonyl (C=O) groups is 2. The minimum absolute atomic E-state index is 0.0660. The Bertz CT molecular complexity index is 1450. The molecule has 1 atom stereocenters. The maximum absolute atomic E-state index is 12.4. The second-order valence-electron chi connectivity index (χ2n) is 23.6. The molecule has 0 fully saturated rings. The third-order valence-electron chi connectivity index (χ3n) is 15.7. The van der Waals surface area contributed by atoms with Gasteiger partial charge in [-0.05, 0) is 70.6 Å². The van der Waals surface area contributed by atoms with E-state index in [0.717, 1.165) is 83.5 Å². The predicted molar refractivity (Wildman–Crippen MR) is 353 cm³/mol. The number of hydrogen-bond acceptors (Lipinski definition) is 5. The van der Waals surface area contributed by atoms with E-state index in [0.29, 0.717) is 12.8 Å². The van der Waals surface area contributed by atoms with Gasteiger partial charge in [0.1, 0.15) is 6.61 Å². The van der Waals surface area contributed by atoms with Gasteiger partial charge in [0.05, 0.1) is 6.61 Å².